The molecule has 6 heteroatoms. The fraction of sp³-hybridized carbons (Fsp3) is 0.971. The highest BCUT2D eigenvalue weighted by atomic mass is 35.5. The summed E-state index contributed by atoms with van der Waals surface area (Å²) in [5.74, 6) is 0.633. The molecule has 0 rings (SSSR count). The van der Waals surface area contributed by atoms with Gasteiger partial charge in [-0.25, -0.2) is 10.4 Å². The number of hydrogen-bond donors (Lipinski definition) is 2. The van der Waals surface area contributed by atoms with Crippen LogP contribution in [0.5, 0.6) is 0 Å². The second kappa shape index (κ2) is 31.1. The Hall–Kier alpha value is -0.360. The lowest BCUT2D eigenvalue weighted by molar-refractivity contribution is -0.928. The molecule has 0 amide bonds. The fourth-order valence-corrected chi connectivity index (χ4v) is 5.56. The van der Waals surface area contributed by atoms with E-state index in [1.165, 1.54) is 154 Å². The normalized spacial score (nSPS) is 11.8. The lowest BCUT2D eigenvalue weighted by Crippen LogP contribution is -3.00. The van der Waals surface area contributed by atoms with Gasteiger partial charge in [-0.15, -0.1) is 5.01 Å². The van der Waals surface area contributed by atoms with Crippen molar-refractivity contribution < 1.29 is 17.0 Å². The molecule has 0 aliphatic carbocycles. The highest BCUT2D eigenvalue weighted by Crippen LogP contribution is 2.15. The Morgan fingerprint density at radius 2 is 0.732 bits per heavy atom. The molecule has 0 aromatic carbocycles. The van der Waals surface area contributed by atoms with E-state index >= 15 is 0 Å². The van der Waals surface area contributed by atoms with Crippen molar-refractivity contribution in [3.63, 3.8) is 0 Å². The molecule has 2 N–H and O–H groups in total. The topological polar surface area (TPSA) is 42.4 Å². The largest absolute Gasteiger partial charge is 1.00 e. The number of quaternary nitrogens is 1. The number of rotatable bonds is 30. The highest BCUT2D eigenvalue weighted by molar-refractivity contribution is 5.68. The lowest BCUT2D eigenvalue weighted by Gasteiger charge is -2.40. The Morgan fingerprint density at radius 1 is 0.463 bits per heavy atom. The van der Waals surface area contributed by atoms with Gasteiger partial charge in [0.15, 0.2) is 0 Å². The fourth-order valence-electron chi connectivity index (χ4n) is 5.56. The highest BCUT2D eigenvalue weighted by Gasteiger charge is 2.32. The average molecular weight is 602 g/mol. The van der Waals surface area contributed by atoms with Crippen LogP contribution in [0.2, 0.25) is 0 Å². The van der Waals surface area contributed by atoms with Gasteiger partial charge in [0.25, 0.3) is 0 Å². The minimum Gasteiger partial charge on any atom is -1.00 e. The standard InChI is InChI=1S/C35H76N5.ClH/c1-7-11-15-19-23-27-31-38(32-28-24-20-16-12-8-2)37-35(36)40(5,6)39(33-29-25-21-17-13-9-3)34-30-26-22-18-14-10-4;/h7-34H2,1-6H3,(H2,36,37);1H/q+1;/p-1. The number of unbranched alkanes of at least 4 members (excludes halogenated alkanes) is 20. The molecular weight excluding hydrogens is 526 g/mol. The predicted molar refractivity (Wildman–Crippen MR) is 180 cm³/mol. The van der Waals surface area contributed by atoms with E-state index in [0.29, 0.717) is 10.6 Å². The van der Waals surface area contributed by atoms with Crippen LogP contribution in [-0.4, -0.2) is 60.8 Å². The zero-order chi connectivity index (χ0) is 29.7. The van der Waals surface area contributed by atoms with E-state index in [-0.39, 0.29) is 12.4 Å². The monoisotopic (exact) mass is 602 g/mol. The van der Waals surface area contributed by atoms with E-state index in [1.807, 2.05) is 0 Å². The molecule has 5 nitrogen and oxygen atoms in total. The second-order valence-corrected chi connectivity index (χ2v) is 12.9. The van der Waals surface area contributed by atoms with Gasteiger partial charge in [0, 0.05) is 26.2 Å². The van der Waals surface area contributed by atoms with E-state index in [0.717, 1.165) is 26.2 Å². The SMILES string of the molecule is CCCCCCCCN(CCCCCCCC)NC(=N)[N+](C)(C)N(CCCCCCCC)CCCCCCCC.[Cl-]. The number of nitrogens with one attached hydrogen (secondary N) is 2. The molecular formula is C35H76ClN5. The van der Waals surface area contributed by atoms with Gasteiger partial charge in [-0.3, -0.25) is 5.43 Å². The Kier molecular flexibility index (Phi) is 32.4. The summed E-state index contributed by atoms with van der Waals surface area (Å²) in [7, 11) is 4.47. The molecule has 0 bridgehead atoms. The Bertz CT molecular complexity index is 511. The molecule has 0 fully saturated rings. The third kappa shape index (κ3) is 24.7. The van der Waals surface area contributed by atoms with Crippen molar-refractivity contribution >= 4 is 5.96 Å². The van der Waals surface area contributed by atoms with E-state index in [1.54, 1.807) is 0 Å². The molecule has 0 spiro atoms. The van der Waals surface area contributed by atoms with Crippen LogP contribution in [0.4, 0.5) is 0 Å². The summed E-state index contributed by atoms with van der Waals surface area (Å²) in [6.07, 6.45) is 31.8. The van der Waals surface area contributed by atoms with Crippen LogP contribution in [-0.2, 0) is 0 Å². The van der Waals surface area contributed by atoms with Crippen molar-refractivity contribution in [3.8, 4) is 0 Å². The first-order valence-electron chi connectivity index (χ1n) is 18.1. The number of nitrogens with zero attached hydrogens (tertiary/aromatic N) is 3. The summed E-state index contributed by atoms with van der Waals surface area (Å²) in [5, 5.41) is 14.2. The molecule has 41 heavy (non-hydrogen) atoms. The molecule has 248 valence electrons. The molecule has 0 aliphatic rings. The van der Waals surface area contributed by atoms with Crippen LogP contribution in [0.25, 0.3) is 0 Å². The second-order valence-electron chi connectivity index (χ2n) is 12.9. The molecule has 0 aromatic rings. The maximum absolute atomic E-state index is 9.22. The molecule has 0 unspecified atom stereocenters. The Labute approximate surface area is 265 Å². The summed E-state index contributed by atoms with van der Waals surface area (Å²) < 4.78 is 0.535. The van der Waals surface area contributed by atoms with E-state index in [9.17, 15) is 5.41 Å². The zero-order valence-electron chi connectivity index (χ0n) is 29.0. The van der Waals surface area contributed by atoms with Gasteiger partial charge in [-0.2, -0.15) is 4.59 Å². The first-order chi connectivity index (χ1) is 19.4. The van der Waals surface area contributed by atoms with Crippen molar-refractivity contribution in [2.45, 2.75) is 182 Å². The lowest BCUT2D eigenvalue weighted by atomic mass is 10.1. The van der Waals surface area contributed by atoms with Gasteiger partial charge in [-0.05, 0) is 25.7 Å². The molecule has 0 aliphatic heterocycles. The van der Waals surface area contributed by atoms with Crippen LogP contribution in [0.1, 0.15) is 182 Å². The molecule has 0 aromatic heterocycles. The molecule has 0 saturated heterocycles. The van der Waals surface area contributed by atoms with Crippen LogP contribution < -0.4 is 17.8 Å². The number of hydrazine groups is 1. The van der Waals surface area contributed by atoms with Crippen LogP contribution >= 0.6 is 0 Å². The molecule has 0 saturated carbocycles. The van der Waals surface area contributed by atoms with Crippen molar-refractivity contribution in [2.75, 3.05) is 40.3 Å². The molecule has 0 radical (unpaired) electrons. The van der Waals surface area contributed by atoms with Gasteiger partial charge >= 0.3 is 5.96 Å². The summed E-state index contributed by atoms with van der Waals surface area (Å²) in [4.78, 5) is 0. The van der Waals surface area contributed by atoms with Crippen molar-refractivity contribution in [2.24, 2.45) is 0 Å². The van der Waals surface area contributed by atoms with Gasteiger partial charge in [0.2, 0.25) is 0 Å². The molecule has 0 heterocycles. The maximum atomic E-state index is 9.22. The quantitative estimate of drug-likeness (QED) is 0.0295. The number of halogens is 1. The average Bonchev–Trinajstić information content (AvgIpc) is 2.94. The summed E-state index contributed by atoms with van der Waals surface area (Å²) in [6.45, 7) is 13.5. The molecule has 0 atom stereocenters. The Morgan fingerprint density at radius 3 is 1.05 bits per heavy atom. The van der Waals surface area contributed by atoms with E-state index in [4.69, 9.17) is 0 Å². The van der Waals surface area contributed by atoms with Gasteiger partial charge in [0.05, 0.1) is 14.1 Å². The van der Waals surface area contributed by atoms with Gasteiger partial charge in [0.1, 0.15) is 0 Å². The van der Waals surface area contributed by atoms with Gasteiger partial charge < -0.3 is 12.4 Å². The van der Waals surface area contributed by atoms with Crippen molar-refractivity contribution in [1.29, 1.82) is 5.41 Å². The minimum atomic E-state index is 0. The predicted octanol–water partition coefficient (Wildman–Crippen LogP) is 7.47. The smallest absolute Gasteiger partial charge is 0.329 e. The minimum absolute atomic E-state index is 0. The number of hydrogen-bond acceptors (Lipinski definition) is 3. The van der Waals surface area contributed by atoms with Crippen LogP contribution in [0, 0.1) is 5.41 Å². The van der Waals surface area contributed by atoms with E-state index < -0.39 is 0 Å². The van der Waals surface area contributed by atoms with Crippen molar-refractivity contribution in [1.82, 2.24) is 15.4 Å². The third-order valence-electron chi connectivity index (χ3n) is 8.62. The zero-order valence-corrected chi connectivity index (χ0v) is 29.8. The first kappa shape index (κ1) is 42.8. The van der Waals surface area contributed by atoms with Crippen LogP contribution in [0.3, 0.4) is 0 Å². The third-order valence-corrected chi connectivity index (χ3v) is 8.62. The summed E-state index contributed by atoms with van der Waals surface area (Å²) in [5.41, 5.74) is 3.63. The summed E-state index contributed by atoms with van der Waals surface area (Å²) >= 11 is 0. The summed E-state index contributed by atoms with van der Waals surface area (Å²) in [6, 6.07) is 0. The van der Waals surface area contributed by atoms with E-state index in [2.05, 4.69) is 57.2 Å². The van der Waals surface area contributed by atoms with Crippen LogP contribution in [0.15, 0.2) is 0 Å². The maximum Gasteiger partial charge on any atom is 0.329 e. The first-order valence-corrected chi connectivity index (χ1v) is 18.1. The van der Waals surface area contributed by atoms with Crippen molar-refractivity contribution in [3.05, 3.63) is 0 Å². The Balaban J connectivity index is 0. The number of guanidine groups is 1. The van der Waals surface area contributed by atoms with Gasteiger partial charge in [-0.1, -0.05) is 156 Å².